The highest BCUT2D eigenvalue weighted by molar-refractivity contribution is 7.73. The summed E-state index contributed by atoms with van der Waals surface area (Å²) in [5.41, 5.74) is 9.17. The highest BCUT2D eigenvalue weighted by Gasteiger charge is 1.64. The molecule has 0 aromatic heterocycles. The van der Waals surface area contributed by atoms with Crippen molar-refractivity contribution in [2.45, 2.75) is 0 Å². The van der Waals surface area contributed by atoms with Crippen LogP contribution in [-0.2, 0) is 22.7 Å². The van der Waals surface area contributed by atoms with Gasteiger partial charge in [0.15, 0.2) is 0 Å². The Kier molecular flexibility index (Phi) is 30.6. The van der Waals surface area contributed by atoms with Crippen molar-refractivity contribution < 1.29 is 32.0 Å². The van der Waals surface area contributed by atoms with Crippen LogP contribution in [0.5, 0.6) is 0 Å². The van der Waals surface area contributed by atoms with Crippen LogP contribution in [0.4, 0.5) is 0 Å². The molecule has 2 atom stereocenters. The third-order valence-electron chi connectivity index (χ3n) is 0. The quantitative estimate of drug-likeness (QED) is 0.138. The Labute approximate surface area is 79.0 Å². The zero-order valence-corrected chi connectivity index (χ0v) is 8.21. The largest absolute Gasteiger partial charge is 0.750 e. The fraction of sp³-hybridized carbons (Fsp3) is 0. The number of hydrogen-bond acceptors (Lipinski definition) is 4. The molecule has 2 unspecified atom stereocenters. The molecule has 12 N–H and O–H groups in total. The average molecular weight is 240 g/mol. The van der Waals surface area contributed by atoms with Gasteiger partial charge in [0.05, 0.1) is 22.7 Å². The van der Waals surface area contributed by atoms with Gasteiger partial charge in [-0.1, -0.05) is 0 Å². The molecule has 0 spiro atoms. The lowest BCUT2D eigenvalue weighted by atomic mass is 11.1. The molecule has 13 heavy (non-hydrogen) atoms. The SMILES string of the molecule is NC(N)=[NH2+].O=S([O-])O.O=S([O-])O.[NH4+]. The molecule has 84 valence electrons. The van der Waals surface area contributed by atoms with Gasteiger partial charge in [0.2, 0.25) is 0 Å². The van der Waals surface area contributed by atoms with E-state index in [1.54, 1.807) is 0 Å². The maximum absolute atomic E-state index is 8.56. The molecule has 0 aliphatic heterocycles. The third-order valence-corrected chi connectivity index (χ3v) is 0. The number of guanidine groups is 1. The molecule has 0 aliphatic rings. The molecule has 0 heterocycles. The molecular formula is CH12N4O6S2. The minimum Gasteiger partial charge on any atom is -0.750 e. The van der Waals surface area contributed by atoms with Crippen LogP contribution in [0.25, 0.3) is 0 Å². The Balaban J connectivity index is -0.0000000450. The molecule has 10 nitrogen and oxygen atoms in total. The second-order valence-electron chi connectivity index (χ2n) is 0.934. The van der Waals surface area contributed by atoms with Crippen molar-refractivity contribution in [3.05, 3.63) is 0 Å². The molecule has 0 saturated carbocycles. The second kappa shape index (κ2) is 17.5. The zero-order valence-electron chi connectivity index (χ0n) is 6.58. The molecule has 12 heteroatoms. The Morgan fingerprint density at radius 3 is 1.15 bits per heavy atom. The molecule has 0 radical (unpaired) electrons. The summed E-state index contributed by atoms with van der Waals surface area (Å²) in [5, 5.41) is 4.58. The van der Waals surface area contributed by atoms with Gasteiger partial charge in [-0.05, 0) is 0 Å². The van der Waals surface area contributed by atoms with Gasteiger partial charge < -0.3 is 24.4 Å². The van der Waals surface area contributed by atoms with Crippen molar-refractivity contribution >= 4 is 28.7 Å². The van der Waals surface area contributed by atoms with Crippen LogP contribution in [0.2, 0.25) is 0 Å². The number of nitrogens with two attached hydrogens (primary N) is 3. The topological polar surface area (TPSA) is 235 Å². The van der Waals surface area contributed by atoms with Gasteiger partial charge in [-0.2, -0.15) is 0 Å². The van der Waals surface area contributed by atoms with Gasteiger partial charge in [0.1, 0.15) is 0 Å². The van der Waals surface area contributed by atoms with E-state index < -0.39 is 22.7 Å². The van der Waals surface area contributed by atoms with Crippen LogP contribution in [0.1, 0.15) is 0 Å². The van der Waals surface area contributed by atoms with Crippen LogP contribution < -0.4 is 23.0 Å². The normalized spacial score (nSPS) is 11.4. The predicted molar refractivity (Wildman–Crippen MR) is 44.4 cm³/mol. The van der Waals surface area contributed by atoms with Crippen molar-refractivity contribution in [1.82, 2.24) is 6.15 Å². The van der Waals surface area contributed by atoms with E-state index in [0.29, 0.717) is 0 Å². The van der Waals surface area contributed by atoms with E-state index in [4.69, 9.17) is 26.6 Å². The molecule has 0 aliphatic carbocycles. The van der Waals surface area contributed by atoms with Crippen LogP contribution in [0.3, 0.4) is 0 Å². The minimum absolute atomic E-state index is 0. The highest BCUT2D eigenvalue weighted by atomic mass is 32.2. The van der Waals surface area contributed by atoms with Gasteiger partial charge in [-0.25, -0.2) is 8.42 Å². The van der Waals surface area contributed by atoms with E-state index in [-0.39, 0.29) is 12.1 Å². The van der Waals surface area contributed by atoms with E-state index in [2.05, 4.69) is 16.9 Å². The number of rotatable bonds is 0. The first-order chi connectivity index (χ1) is 5.20. The van der Waals surface area contributed by atoms with Crippen molar-refractivity contribution in [3.8, 4) is 0 Å². The van der Waals surface area contributed by atoms with Gasteiger partial charge in [0.25, 0.3) is 0 Å². The van der Waals surface area contributed by atoms with Crippen molar-refractivity contribution in [2.24, 2.45) is 11.5 Å². The molecule has 0 fully saturated rings. The standard InChI is InChI=1S/CH5N3.H3N.2H2O3S/c2-1(3)4;;2*1-4(2)3/h(H5,2,3,4);1H3;2*(H2,1,2,3). The second-order valence-corrected chi connectivity index (χ2v) is 1.80. The summed E-state index contributed by atoms with van der Waals surface area (Å²) in [5.74, 6) is -0.0833. The van der Waals surface area contributed by atoms with Crippen molar-refractivity contribution in [2.75, 3.05) is 0 Å². The first-order valence-electron chi connectivity index (χ1n) is 1.90. The van der Waals surface area contributed by atoms with Crippen LogP contribution in [0.15, 0.2) is 0 Å². The summed E-state index contributed by atoms with van der Waals surface area (Å²) in [6, 6.07) is 0. The van der Waals surface area contributed by atoms with E-state index in [1.807, 2.05) is 0 Å². The first kappa shape index (κ1) is 22.8. The lowest BCUT2D eigenvalue weighted by Crippen LogP contribution is -2.51. The Morgan fingerprint density at radius 1 is 1.15 bits per heavy atom. The summed E-state index contributed by atoms with van der Waals surface area (Å²) in [4.78, 5) is 0. The van der Waals surface area contributed by atoms with Gasteiger partial charge in [-0.15, -0.1) is 0 Å². The highest BCUT2D eigenvalue weighted by Crippen LogP contribution is 1.43. The number of hydrogen-bond donors (Lipinski definition) is 6. The maximum atomic E-state index is 8.56. The molecule has 0 bridgehead atoms. The summed E-state index contributed by atoms with van der Waals surface area (Å²) in [6.07, 6.45) is 0. The monoisotopic (exact) mass is 240 g/mol. The maximum Gasteiger partial charge on any atom is 0.336 e. The van der Waals surface area contributed by atoms with Gasteiger partial charge in [0, 0.05) is 0 Å². The molecular weight excluding hydrogens is 228 g/mol. The minimum atomic E-state index is -2.86. The van der Waals surface area contributed by atoms with Crippen LogP contribution in [0, 0.1) is 0 Å². The summed E-state index contributed by atoms with van der Waals surface area (Å²) >= 11 is -5.72. The van der Waals surface area contributed by atoms with Crippen molar-refractivity contribution in [1.29, 1.82) is 0 Å². The van der Waals surface area contributed by atoms with Crippen LogP contribution >= 0.6 is 0 Å². The van der Waals surface area contributed by atoms with E-state index >= 15 is 0 Å². The lowest BCUT2D eigenvalue weighted by molar-refractivity contribution is -0.116. The Bertz CT molecular complexity index is 120. The summed E-state index contributed by atoms with van der Waals surface area (Å²) < 4.78 is 48.2. The summed E-state index contributed by atoms with van der Waals surface area (Å²) in [7, 11) is 0. The fourth-order valence-electron chi connectivity index (χ4n) is 0. The summed E-state index contributed by atoms with van der Waals surface area (Å²) in [6.45, 7) is 0. The fourth-order valence-corrected chi connectivity index (χ4v) is 0. The van der Waals surface area contributed by atoms with E-state index in [1.165, 1.54) is 0 Å². The Hall–Kier alpha value is -0.630. The molecule has 0 aromatic rings. The molecule has 0 rings (SSSR count). The van der Waals surface area contributed by atoms with Crippen LogP contribution in [-0.4, -0.2) is 32.6 Å². The lowest BCUT2D eigenvalue weighted by Gasteiger charge is -1.83. The predicted octanol–water partition coefficient (Wildman–Crippen LogP) is -3.93. The third kappa shape index (κ3) is 2520. The smallest absolute Gasteiger partial charge is 0.336 e. The van der Waals surface area contributed by atoms with Gasteiger partial charge >= 0.3 is 5.96 Å². The molecule has 0 saturated heterocycles. The first-order valence-corrected chi connectivity index (χ1v) is 3.96. The van der Waals surface area contributed by atoms with E-state index in [9.17, 15) is 0 Å². The van der Waals surface area contributed by atoms with Crippen molar-refractivity contribution in [3.63, 3.8) is 0 Å². The van der Waals surface area contributed by atoms with E-state index in [0.717, 1.165) is 0 Å². The molecule has 0 amide bonds. The van der Waals surface area contributed by atoms with Gasteiger partial charge in [-0.3, -0.25) is 16.9 Å². The zero-order chi connectivity index (χ0) is 10.7. The molecule has 0 aromatic carbocycles. The average Bonchev–Trinajstić information content (AvgIpc) is 1.54. The number of quaternary nitrogens is 1. The Morgan fingerprint density at radius 2 is 1.15 bits per heavy atom.